The van der Waals surface area contributed by atoms with Gasteiger partial charge in [0.05, 0.1) is 37.7 Å². The van der Waals surface area contributed by atoms with Crippen LogP contribution in [0.4, 0.5) is 4.79 Å². The third kappa shape index (κ3) is 13.0. The molecule has 5 aromatic rings. The lowest BCUT2D eigenvalue weighted by Gasteiger charge is -2.34. The van der Waals surface area contributed by atoms with Crippen molar-refractivity contribution in [1.29, 1.82) is 0 Å². The number of ether oxygens (including phenoxy) is 2. The van der Waals surface area contributed by atoms with Crippen LogP contribution in [-0.4, -0.2) is 88.6 Å². The van der Waals surface area contributed by atoms with Crippen molar-refractivity contribution in [3.05, 3.63) is 144 Å². The number of hydrogen-bond acceptors (Lipinski definition) is 12. The maximum absolute atomic E-state index is 13.9. The number of aromatic nitrogens is 2. The second-order valence-corrected chi connectivity index (χ2v) is 14.2. The van der Waals surface area contributed by atoms with Gasteiger partial charge in [0.15, 0.2) is 0 Å². The first-order valence-electron chi connectivity index (χ1n) is 19.3. The lowest BCUT2D eigenvalue weighted by Crippen LogP contribution is -2.59. The summed E-state index contributed by atoms with van der Waals surface area (Å²) in [6.07, 6.45) is -1.01. The van der Waals surface area contributed by atoms with Crippen LogP contribution >= 0.6 is 0 Å². The highest BCUT2D eigenvalue weighted by Gasteiger charge is 2.34. The van der Waals surface area contributed by atoms with Crippen molar-refractivity contribution in [2.75, 3.05) is 13.7 Å². The highest BCUT2D eigenvalue weighted by Crippen LogP contribution is 2.16. The van der Waals surface area contributed by atoms with Crippen molar-refractivity contribution < 1.29 is 38.2 Å². The smallest absolute Gasteiger partial charge is 0.407 e. The van der Waals surface area contributed by atoms with Gasteiger partial charge in [0, 0.05) is 18.1 Å². The fourth-order valence-corrected chi connectivity index (χ4v) is 6.20. The molecule has 2 aromatic heterocycles. The van der Waals surface area contributed by atoms with E-state index in [2.05, 4.69) is 31.3 Å². The van der Waals surface area contributed by atoms with Gasteiger partial charge in [-0.25, -0.2) is 24.6 Å². The quantitative estimate of drug-likeness (QED) is 0.0634. The number of pyridine rings is 2. The summed E-state index contributed by atoms with van der Waals surface area (Å²) < 4.78 is 10.9. The SMILES string of the molecule is COC(=O)N[C@H](C(=O)NN(Cc1ccccc1)CC(OC(=O)c1ccccn1)C(Cc1ccccc1)NC(=O)[C@@H](N)CC(=O)NC(=O)c1ccc2ccccc2n1)C(C)C. The molecule has 5 amide bonds. The van der Waals surface area contributed by atoms with Gasteiger partial charge in [-0.15, -0.1) is 0 Å². The van der Waals surface area contributed by atoms with Gasteiger partial charge in [-0.05, 0) is 47.7 Å². The molecule has 0 aliphatic carbocycles. The highest BCUT2D eigenvalue weighted by molar-refractivity contribution is 6.05. The Labute approximate surface area is 347 Å². The van der Waals surface area contributed by atoms with E-state index in [0.29, 0.717) is 5.52 Å². The van der Waals surface area contributed by atoms with Gasteiger partial charge in [-0.3, -0.25) is 29.9 Å². The molecule has 4 atom stereocenters. The molecule has 0 fully saturated rings. The molecule has 0 spiro atoms. The van der Waals surface area contributed by atoms with Gasteiger partial charge in [0.25, 0.3) is 11.8 Å². The van der Waals surface area contributed by atoms with Crippen molar-refractivity contribution >= 4 is 46.6 Å². The number of carbonyl (C=O) groups excluding carboxylic acids is 6. The predicted octanol–water partition coefficient (Wildman–Crippen LogP) is 3.47. The van der Waals surface area contributed by atoms with E-state index in [0.717, 1.165) is 16.5 Å². The molecule has 6 N–H and O–H groups in total. The zero-order valence-electron chi connectivity index (χ0n) is 33.4. The molecule has 2 heterocycles. The Hall–Kier alpha value is -7.04. The van der Waals surface area contributed by atoms with Crippen LogP contribution in [0.3, 0.4) is 0 Å². The van der Waals surface area contributed by atoms with E-state index in [1.807, 2.05) is 72.8 Å². The molecule has 16 nitrogen and oxygen atoms in total. The summed E-state index contributed by atoms with van der Waals surface area (Å²) in [5, 5.41) is 10.0. The van der Waals surface area contributed by atoms with Crippen LogP contribution in [0.25, 0.3) is 10.9 Å². The van der Waals surface area contributed by atoms with Crippen LogP contribution in [0.2, 0.25) is 0 Å². The van der Waals surface area contributed by atoms with E-state index in [1.54, 1.807) is 44.2 Å². The summed E-state index contributed by atoms with van der Waals surface area (Å²) in [7, 11) is 1.19. The Morgan fingerprint density at radius 3 is 2.08 bits per heavy atom. The first-order chi connectivity index (χ1) is 28.9. The molecule has 0 radical (unpaired) electrons. The van der Waals surface area contributed by atoms with Crippen LogP contribution in [-0.2, 0) is 36.8 Å². The number of nitrogens with zero attached hydrogens (tertiary/aromatic N) is 3. The number of nitrogens with one attached hydrogen (secondary N) is 4. The number of alkyl carbamates (subject to hydrolysis) is 1. The lowest BCUT2D eigenvalue weighted by atomic mass is 9.99. The Morgan fingerprint density at radius 2 is 1.42 bits per heavy atom. The number of methoxy groups -OCH3 is 1. The molecule has 16 heteroatoms. The van der Waals surface area contributed by atoms with Gasteiger partial charge in [0.1, 0.15) is 23.5 Å². The maximum atomic E-state index is 13.9. The molecule has 5 rings (SSSR count). The molecule has 0 bridgehead atoms. The topological polar surface area (TPSA) is 224 Å². The third-order valence-electron chi connectivity index (χ3n) is 9.33. The Kier molecular flexibility index (Phi) is 15.9. The van der Waals surface area contributed by atoms with E-state index in [1.165, 1.54) is 30.4 Å². The first-order valence-corrected chi connectivity index (χ1v) is 19.3. The van der Waals surface area contributed by atoms with E-state index >= 15 is 0 Å². The largest absolute Gasteiger partial charge is 0.454 e. The number of carbonyl (C=O) groups is 6. The lowest BCUT2D eigenvalue weighted by molar-refractivity contribution is -0.131. The Bertz CT molecular complexity index is 2240. The van der Waals surface area contributed by atoms with Crippen LogP contribution in [0.1, 0.15) is 52.4 Å². The van der Waals surface area contributed by atoms with Crippen LogP contribution < -0.4 is 27.1 Å². The maximum Gasteiger partial charge on any atom is 0.407 e. The van der Waals surface area contributed by atoms with Gasteiger partial charge in [0.2, 0.25) is 11.8 Å². The summed E-state index contributed by atoms with van der Waals surface area (Å²) in [5.74, 6) is -4.09. The second-order valence-electron chi connectivity index (χ2n) is 14.2. The molecular weight excluding hydrogens is 769 g/mol. The number of para-hydroxylation sites is 1. The molecule has 60 heavy (non-hydrogen) atoms. The molecule has 2 unspecified atom stereocenters. The molecule has 3 aromatic carbocycles. The fourth-order valence-electron chi connectivity index (χ4n) is 6.20. The van der Waals surface area contributed by atoms with E-state index in [9.17, 15) is 28.8 Å². The van der Waals surface area contributed by atoms with Gasteiger partial charge in [-0.2, -0.15) is 0 Å². The Morgan fingerprint density at radius 1 is 0.750 bits per heavy atom. The van der Waals surface area contributed by atoms with E-state index in [-0.39, 0.29) is 36.8 Å². The molecule has 0 saturated heterocycles. The average molecular weight is 817 g/mol. The number of amides is 5. The number of esters is 1. The van der Waals surface area contributed by atoms with Crippen molar-refractivity contribution in [2.45, 2.75) is 57.5 Å². The first kappa shape index (κ1) is 44.1. The van der Waals surface area contributed by atoms with Crippen molar-refractivity contribution in [3.8, 4) is 0 Å². The number of hydrogen-bond donors (Lipinski definition) is 5. The van der Waals surface area contributed by atoms with Crippen molar-refractivity contribution in [2.24, 2.45) is 11.7 Å². The van der Waals surface area contributed by atoms with Crippen LogP contribution in [0.5, 0.6) is 0 Å². The van der Waals surface area contributed by atoms with Crippen LogP contribution in [0, 0.1) is 5.92 Å². The summed E-state index contributed by atoms with van der Waals surface area (Å²) in [6, 6.07) is 29.9. The molecule has 312 valence electrons. The van der Waals surface area contributed by atoms with Gasteiger partial charge < -0.3 is 25.8 Å². The summed E-state index contributed by atoms with van der Waals surface area (Å²) in [4.78, 5) is 88.1. The Balaban J connectivity index is 1.42. The minimum Gasteiger partial charge on any atom is -0.454 e. The number of imide groups is 1. The van der Waals surface area contributed by atoms with E-state index < -0.39 is 66.3 Å². The number of hydrazine groups is 1. The van der Waals surface area contributed by atoms with E-state index in [4.69, 9.17) is 15.2 Å². The number of nitrogens with two attached hydrogens (primary N) is 1. The molecule has 0 saturated carbocycles. The zero-order valence-corrected chi connectivity index (χ0v) is 33.4. The molecule has 0 aliphatic heterocycles. The predicted molar refractivity (Wildman–Crippen MR) is 221 cm³/mol. The highest BCUT2D eigenvalue weighted by atomic mass is 16.5. The summed E-state index contributed by atoms with van der Waals surface area (Å²) >= 11 is 0. The van der Waals surface area contributed by atoms with Crippen molar-refractivity contribution in [3.63, 3.8) is 0 Å². The number of fused-ring (bicyclic) bond motifs is 1. The summed E-state index contributed by atoms with van der Waals surface area (Å²) in [5.41, 5.74) is 11.3. The monoisotopic (exact) mass is 816 g/mol. The average Bonchev–Trinajstić information content (AvgIpc) is 3.25. The fraction of sp³-hybridized carbons (Fsp3) is 0.273. The number of benzene rings is 3. The standard InChI is InChI=1S/C44H48N8O8/c1-28(2)39(50-44(58)59-3)42(56)51-52(26-30-16-8-5-9-17-30)27-37(60-43(57)35-20-12-13-23-46-35)36(24-29-14-6-4-7-15-29)48-40(54)32(45)25-38(53)49-41(55)34-22-21-31-18-10-11-19-33(31)47-34/h4-23,28,32,36-37,39H,24-27,45H2,1-3H3,(H,48,54)(H,50,58)(H,51,56)(H,49,53,55)/t32-,36?,37?,39-/m0/s1. The zero-order chi connectivity index (χ0) is 43.0. The van der Waals surface area contributed by atoms with Gasteiger partial charge in [-0.1, -0.05) is 105 Å². The minimum atomic E-state index is -1.44. The second kappa shape index (κ2) is 21.6. The van der Waals surface area contributed by atoms with Crippen LogP contribution in [0.15, 0.2) is 121 Å². The third-order valence-corrected chi connectivity index (χ3v) is 9.33. The van der Waals surface area contributed by atoms with Crippen molar-refractivity contribution in [1.82, 2.24) is 36.4 Å². The minimum absolute atomic E-state index is 0.00738. The summed E-state index contributed by atoms with van der Waals surface area (Å²) in [6.45, 7) is 3.43. The molecule has 0 aliphatic rings. The molecular formula is C44H48N8O8. The normalized spacial score (nSPS) is 13.0. The van der Waals surface area contributed by atoms with Gasteiger partial charge >= 0.3 is 12.1 Å². The number of rotatable bonds is 18.